The number of hydrogen-bond donors (Lipinski definition) is 1. The van der Waals surface area contributed by atoms with E-state index in [0.717, 1.165) is 24.2 Å². The van der Waals surface area contributed by atoms with Crippen LogP contribution in [-0.4, -0.2) is 48.3 Å². The number of ether oxygens (including phenoxy) is 2. The zero-order chi connectivity index (χ0) is 21.6. The number of anilines is 1. The molecule has 160 valence electrons. The number of hydrogen-bond acceptors (Lipinski definition) is 6. The normalized spacial score (nSPS) is 27.8. The molecule has 1 N–H and O–H groups in total. The second-order valence-electron chi connectivity index (χ2n) is 8.11. The van der Waals surface area contributed by atoms with Crippen LogP contribution in [0.3, 0.4) is 0 Å². The third-order valence-electron chi connectivity index (χ3n) is 6.47. The standard InChI is InChI=1S/C21H23ClN2O6/c1-10(24-19(26)17-11-3-4-12(7-11)18(17)20(24)27)21(28)30-9-16(25)23-14-8-13(22)5-6-15(14)29-2/h5-6,8,10-12,17-18H,3-4,7,9H2,1-2H3,(H,23,25)/t10-,11-,12+,17-,18+/m1/s1. The van der Waals surface area contributed by atoms with Gasteiger partial charge in [0.1, 0.15) is 11.8 Å². The lowest BCUT2D eigenvalue weighted by Gasteiger charge is -2.23. The molecule has 1 aromatic carbocycles. The van der Waals surface area contributed by atoms with Crippen molar-refractivity contribution in [3.8, 4) is 5.75 Å². The lowest BCUT2D eigenvalue weighted by molar-refractivity contribution is -0.159. The van der Waals surface area contributed by atoms with Crippen LogP contribution in [-0.2, 0) is 23.9 Å². The molecule has 2 saturated carbocycles. The van der Waals surface area contributed by atoms with Gasteiger partial charge in [-0.25, -0.2) is 4.79 Å². The predicted molar refractivity (Wildman–Crippen MR) is 107 cm³/mol. The van der Waals surface area contributed by atoms with Gasteiger partial charge in [0.25, 0.3) is 5.91 Å². The zero-order valence-electron chi connectivity index (χ0n) is 16.7. The van der Waals surface area contributed by atoms with E-state index in [9.17, 15) is 19.2 Å². The van der Waals surface area contributed by atoms with Crippen molar-refractivity contribution in [2.75, 3.05) is 19.0 Å². The van der Waals surface area contributed by atoms with Crippen molar-refractivity contribution in [2.45, 2.75) is 32.2 Å². The lowest BCUT2D eigenvalue weighted by Crippen LogP contribution is -2.45. The SMILES string of the molecule is COc1ccc(Cl)cc1NC(=O)COC(=O)[C@@H](C)N1C(=O)[C@@H]2[C@@H]3CC[C@@H](C3)[C@@H]2C1=O. The fraction of sp³-hybridized carbons (Fsp3) is 0.524. The lowest BCUT2D eigenvalue weighted by atomic mass is 9.81. The van der Waals surface area contributed by atoms with Crippen molar-refractivity contribution >= 4 is 41.0 Å². The smallest absolute Gasteiger partial charge is 0.329 e. The molecule has 9 heteroatoms. The van der Waals surface area contributed by atoms with Crippen LogP contribution < -0.4 is 10.1 Å². The number of carbonyl (C=O) groups is 4. The van der Waals surface area contributed by atoms with E-state index in [0.29, 0.717) is 16.5 Å². The van der Waals surface area contributed by atoms with Gasteiger partial charge >= 0.3 is 5.97 Å². The summed E-state index contributed by atoms with van der Waals surface area (Å²) >= 11 is 5.93. The zero-order valence-corrected chi connectivity index (χ0v) is 17.5. The van der Waals surface area contributed by atoms with Crippen molar-refractivity contribution in [1.82, 2.24) is 4.90 Å². The van der Waals surface area contributed by atoms with Crippen LogP contribution in [0.2, 0.25) is 5.02 Å². The molecule has 2 bridgehead atoms. The maximum Gasteiger partial charge on any atom is 0.329 e. The second kappa shape index (κ2) is 7.91. The molecule has 3 aliphatic rings. The van der Waals surface area contributed by atoms with Gasteiger partial charge < -0.3 is 14.8 Å². The molecular weight excluding hydrogens is 412 g/mol. The van der Waals surface area contributed by atoms with Crippen LogP contribution in [0.25, 0.3) is 0 Å². The number of nitrogens with zero attached hydrogens (tertiary/aromatic N) is 1. The van der Waals surface area contributed by atoms with Crippen LogP contribution in [0.5, 0.6) is 5.75 Å². The average molecular weight is 435 g/mol. The number of carbonyl (C=O) groups excluding carboxylic acids is 4. The third-order valence-corrected chi connectivity index (χ3v) is 6.71. The molecule has 0 spiro atoms. The summed E-state index contributed by atoms with van der Waals surface area (Å²) in [6.45, 7) is 0.895. The molecule has 1 heterocycles. The summed E-state index contributed by atoms with van der Waals surface area (Å²) in [7, 11) is 1.45. The molecule has 1 saturated heterocycles. The molecule has 0 radical (unpaired) electrons. The van der Waals surface area contributed by atoms with Gasteiger partial charge in [0.05, 0.1) is 24.6 Å². The van der Waals surface area contributed by atoms with Crippen molar-refractivity contribution in [3.05, 3.63) is 23.2 Å². The fourth-order valence-electron chi connectivity index (χ4n) is 5.14. The van der Waals surface area contributed by atoms with Crippen molar-refractivity contribution in [1.29, 1.82) is 0 Å². The summed E-state index contributed by atoms with van der Waals surface area (Å²) in [5.41, 5.74) is 0.340. The first-order valence-electron chi connectivity index (χ1n) is 9.98. The van der Waals surface area contributed by atoms with Gasteiger partial charge in [-0.1, -0.05) is 11.6 Å². The highest BCUT2D eigenvalue weighted by Crippen LogP contribution is 2.56. The Bertz CT molecular complexity index is 891. The van der Waals surface area contributed by atoms with Gasteiger partial charge in [-0.05, 0) is 56.2 Å². The minimum absolute atomic E-state index is 0.239. The largest absolute Gasteiger partial charge is 0.495 e. The highest BCUT2D eigenvalue weighted by molar-refractivity contribution is 6.31. The van der Waals surface area contributed by atoms with Crippen LogP contribution in [0.15, 0.2) is 18.2 Å². The van der Waals surface area contributed by atoms with E-state index in [1.165, 1.54) is 20.1 Å². The number of likely N-dealkylation sites (tertiary alicyclic amines) is 1. The van der Waals surface area contributed by atoms with Crippen molar-refractivity contribution in [2.24, 2.45) is 23.7 Å². The maximum atomic E-state index is 12.8. The first-order valence-corrected chi connectivity index (χ1v) is 10.4. The molecule has 3 fully saturated rings. The Balaban J connectivity index is 1.35. The summed E-state index contributed by atoms with van der Waals surface area (Å²) in [5, 5.41) is 2.97. The van der Waals surface area contributed by atoms with Gasteiger partial charge in [-0.2, -0.15) is 0 Å². The summed E-state index contributed by atoms with van der Waals surface area (Å²) in [6, 6.07) is 3.66. The Morgan fingerprint density at radius 2 is 1.83 bits per heavy atom. The van der Waals surface area contributed by atoms with Crippen LogP contribution in [0.4, 0.5) is 5.69 Å². The van der Waals surface area contributed by atoms with Gasteiger partial charge in [0, 0.05) is 5.02 Å². The molecule has 3 amide bonds. The van der Waals surface area contributed by atoms with Gasteiger partial charge in [-0.3, -0.25) is 19.3 Å². The Labute approximate surface area is 178 Å². The van der Waals surface area contributed by atoms with Gasteiger partial charge in [-0.15, -0.1) is 0 Å². The molecule has 2 aliphatic carbocycles. The highest BCUT2D eigenvalue weighted by Gasteiger charge is 2.62. The van der Waals surface area contributed by atoms with Crippen molar-refractivity contribution in [3.63, 3.8) is 0 Å². The van der Waals surface area contributed by atoms with Crippen molar-refractivity contribution < 1.29 is 28.7 Å². The topological polar surface area (TPSA) is 102 Å². The first-order chi connectivity index (χ1) is 14.3. The van der Waals surface area contributed by atoms with E-state index in [1.807, 2.05) is 0 Å². The number of halogens is 1. The maximum absolute atomic E-state index is 12.8. The summed E-state index contributed by atoms with van der Waals surface area (Å²) in [4.78, 5) is 51.3. The van der Waals surface area contributed by atoms with Gasteiger partial charge in [0.15, 0.2) is 6.61 Å². The number of esters is 1. The fourth-order valence-corrected chi connectivity index (χ4v) is 5.31. The molecule has 0 unspecified atom stereocenters. The van der Waals surface area contributed by atoms with Gasteiger partial charge in [0.2, 0.25) is 11.8 Å². The second-order valence-corrected chi connectivity index (χ2v) is 8.54. The van der Waals surface area contributed by atoms with Crippen LogP contribution in [0, 0.1) is 23.7 Å². The Morgan fingerprint density at radius 3 is 2.43 bits per heavy atom. The minimum Gasteiger partial charge on any atom is -0.495 e. The van der Waals surface area contributed by atoms with E-state index in [-0.39, 0.29) is 35.5 Å². The van der Waals surface area contributed by atoms with E-state index < -0.39 is 24.5 Å². The minimum atomic E-state index is -1.07. The highest BCUT2D eigenvalue weighted by atomic mass is 35.5. The predicted octanol–water partition coefficient (Wildman–Crippen LogP) is 2.25. The van der Waals surface area contributed by atoms with Crippen LogP contribution >= 0.6 is 11.6 Å². The summed E-state index contributed by atoms with van der Waals surface area (Å²) < 4.78 is 10.2. The summed E-state index contributed by atoms with van der Waals surface area (Å²) in [6.07, 6.45) is 2.85. The molecular formula is C21H23ClN2O6. The molecule has 1 aliphatic heterocycles. The molecule has 8 nitrogen and oxygen atoms in total. The number of imide groups is 1. The van der Waals surface area contributed by atoms with E-state index in [4.69, 9.17) is 21.1 Å². The molecule has 30 heavy (non-hydrogen) atoms. The Kier molecular flexibility index (Phi) is 5.44. The number of methoxy groups -OCH3 is 1. The van der Waals surface area contributed by atoms with E-state index in [1.54, 1.807) is 12.1 Å². The van der Waals surface area contributed by atoms with Crippen LogP contribution in [0.1, 0.15) is 26.2 Å². The third kappa shape index (κ3) is 3.43. The Hall–Kier alpha value is -2.61. The average Bonchev–Trinajstić information content (AvgIpc) is 3.39. The number of benzene rings is 1. The number of fused-ring (bicyclic) bond motifs is 5. The molecule has 4 rings (SSSR count). The quantitative estimate of drug-likeness (QED) is 0.544. The molecule has 5 atom stereocenters. The number of rotatable bonds is 6. The van der Waals surface area contributed by atoms with E-state index in [2.05, 4.69) is 5.32 Å². The Morgan fingerprint density at radius 1 is 1.20 bits per heavy atom. The first kappa shape index (κ1) is 20.7. The molecule has 0 aromatic heterocycles. The number of nitrogens with one attached hydrogen (secondary N) is 1. The number of amides is 3. The summed E-state index contributed by atoms with van der Waals surface area (Å²) in [5.74, 6) is -1.67. The monoisotopic (exact) mass is 434 g/mol. The van der Waals surface area contributed by atoms with E-state index >= 15 is 0 Å². The molecule has 1 aromatic rings.